The molecule has 1 aromatic rings. The molecular weight excluding hydrogens is 409 g/mol. The Morgan fingerprint density at radius 3 is 2.56 bits per heavy atom. The predicted molar refractivity (Wildman–Crippen MR) is 111 cm³/mol. The van der Waals surface area contributed by atoms with Gasteiger partial charge in [-0.1, -0.05) is 29.6 Å². The third-order valence-corrected chi connectivity index (χ3v) is 6.42. The summed E-state index contributed by atoms with van der Waals surface area (Å²) >= 11 is 12.1. The minimum absolute atomic E-state index is 0.197. The second-order valence-corrected chi connectivity index (χ2v) is 9.58. The van der Waals surface area contributed by atoms with E-state index in [-0.39, 0.29) is 16.6 Å². The van der Waals surface area contributed by atoms with Crippen LogP contribution in [0.25, 0.3) is 0 Å². The van der Waals surface area contributed by atoms with Crippen LogP contribution in [0.5, 0.6) is 0 Å². The maximum atomic E-state index is 12.5. The van der Waals surface area contributed by atoms with E-state index in [2.05, 4.69) is 10.2 Å². The maximum Gasteiger partial charge on any atom is 0.243 e. The Hall–Kier alpha value is -1.02. The zero-order valence-corrected chi connectivity index (χ0v) is 18.1. The number of hydrogen-bond donors (Lipinski definition) is 1. The summed E-state index contributed by atoms with van der Waals surface area (Å²) in [6.45, 7) is 5.20. The molecule has 152 valence electrons. The smallest absolute Gasteiger partial charge is 0.243 e. The zero-order valence-electron chi connectivity index (χ0n) is 15.7. The highest BCUT2D eigenvalue weighted by molar-refractivity contribution is 7.92. The average Bonchev–Trinajstić information content (AvgIpc) is 2.61. The molecule has 1 amide bonds. The number of likely N-dealkylation sites (tertiary alicyclic amines) is 1. The molecule has 1 aliphatic rings. The lowest BCUT2D eigenvalue weighted by atomic mass is 10.1. The highest BCUT2D eigenvalue weighted by Crippen LogP contribution is 2.32. The molecular formula is C18H27Cl2N3O3S. The third-order valence-electron chi connectivity index (χ3n) is 4.63. The first-order chi connectivity index (χ1) is 12.7. The highest BCUT2D eigenvalue weighted by Gasteiger charge is 2.30. The monoisotopic (exact) mass is 435 g/mol. The quantitative estimate of drug-likeness (QED) is 0.636. The predicted octanol–water partition coefficient (Wildman–Crippen LogP) is 3.14. The topological polar surface area (TPSA) is 69.7 Å². The molecule has 1 aliphatic heterocycles. The van der Waals surface area contributed by atoms with Gasteiger partial charge in [0.2, 0.25) is 15.9 Å². The van der Waals surface area contributed by atoms with Gasteiger partial charge in [0.05, 0.1) is 17.0 Å². The van der Waals surface area contributed by atoms with E-state index in [1.807, 2.05) is 0 Å². The number of carbonyl (C=O) groups excluding carboxylic acids is 1. The Labute approximate surface area is 171 Å². The molecule has 2 rings (SSSR count). The van der Waals surface area contributed by atoms with Crippen LogP contribution in [0.15, 0.2) is 18.2 Å². The number of benzene rings is 1. The van der Waals surface area contributed by atoms with Gasteiger partial charge in [0, 0.05) is 11.6 Å². The minimum Gasteiger partial charge on any atom is -0.354 e. The molecule has 9 heteroatoms. The number of halogens is 2. The number of amides is 1. The van der Waals surface area contributed by atoms with Crippen LogP contribution in [-0.4, -0.2) is 57.7 Å². The first-order valence-corrected chi connectivity index (χ1v) is 11.7. The standard InChI is InChI=1S/C18H27Cl2N3O3S/c1-14(18(24)21-9-6-12-22-10-4-3-5-11-22)23(27(2,25)26)17-13-15(19)7-8-16(17)20/h7-8,13-14H,3-6,9-12H2,1-2H3,(H,21,24)/t14-/m1/s1. The van der Waals surface area contributed by atoms with Crippen molar-refractivity contribution in [2.24, 2.45) is 0 Å². The SMILES string of the molecule is C[C@H](C(=O)NCCCN1CCCCC1)N(c1cc(Cl)ccc1Cl)S(C)(=O)=O. The van der Waals surface area contributed by atoms with Gasteiger partial charge in [-0.05, 0) is 64.0 Å². The summed E-state index contributed by atoms with van der Waals surface area (Å²) in [5, 5.41) is 3.39. The molecule has 1 heterocycles. The number of hydrogen-bond acceptors (Lipinski definition) is 4. The van der Waals surface area contributed by atoms with Gasteiger partial charge < -0.3 is 10.2 Å². The van der Waals surface area contributed by atoms with Gasteiger partial charge in [-0.15, -0.1) is 0 Å². The molecule has 1 aromatic carbocycles. The lowest BCUT2D eigenvalue weighted by Gasteiger charge is -2.29. The van der Waals surface area contributed by atoms with E-state index in [0.717, 1.165) is 36.6 Å². The van der Waals surface area contributed by atoms with Gasteiger partial charge in [0.1, 0.15) is 6.04 Å². The van der Waals surface area contributed by atoms with Crippen LogP contribution < -0.4 is 9.62 Å². The van der Waals surface area contributed by atoms with Gasteiger partial charge in [0.25, 0.3) is 0 Å². The Bertz CT molecular complexity index is 752. The van der Waals surface area contributed by atoms with E-state index in [1.165, 1.54) is 38.3 Å². The van der Waals surface area contributed by atoms with Crippen LogP contribution in [0.2, 0.25) is 10.0 Å². The molecule has 0 saturated carbocycles. The number of carbonyl (C=O) groups is 1. The van der Waals surface area contributed by atoms with Gasteiger partial charge in [-0.25, -0.2) is 8.42 Å². The van der Waals surface area contributed by atoms with Crippen LogP contribution in [-0.2, 0) is 14.8 Å². The van der Waals surface area contributed by atoms with E-state index < -0.39 is 16.1 Å². The van der Waals surface area contributed by atoms with E-state index in [1.54, 1.807) is 6.07 Å². The van der Waals surface area contributed by atoms with Crippen molar-refractivity contribution < 1.29 is 13.2 Å². The number of anilines is 1. The van der Waals surface area contributed by atoms with Gasteiger partial charge in [-0.2, -0.15) is 0 Å². The minimum atomic E-state index is -3.73. The fourth-order valence-corrected chi connectivity index (χ4v) is 4.88. The van der Waals surface area contributed by atoms with Crippen LogP contribution in [0.3, 0.4) is 0 Å². The molecule has 0 unspecified atom stereocenters. The Morgan fingerprint density at radius 1 is 1.26 bits per heavy atom. The van der Waals surface area contributed by atoms with E-state index in [4.69, 9.17) is 23.2 Å². The number of piperidine rings is 1. The molecule has 0 bridgehead atoms. The number of nitrogens with one attached hydrogen (secondary N) is 1. The Morgan fingerprint density at radius 2 is 1.93 bits per heavy atom. The van der Waals surface area contributed by atoms with E-state index in [9.17, 15) is 13.2 Å². The van der Waals surface area contributed by atoms with Crippen molar-refractivity contribution in [3.05, 3.63) is 28.2 Å². The van der Waals surface area contributed by atoms with Crippen LogP contribution in [0, 0.1) is 0 Å². The first kappa shape index (κ1) is 22.3. The van der Waals surface area contributed by atoms with Crippen molar-refractivity contribution >= 4 is 44.8 Å². The fraction of sp³-hybridized carbons (Fsp3) is 0.611. The summed E-state index contributed by atoms with van der Waals surface area (Å²) in [4.78, 5) is 14.9. The molecule has 1 fully saturated rings. The zero-order chi connectivity index (χ0) is 20.0. The van der Waals surface area contributed by atoms with Crippen molar-refractivity contribution in [3.63, 3.8) is 0 Å². The van der Waals surface area contributed by atoms with Crippen LogP contribution in [0.4, 0.5) is 5.69 Å². The second kappa shape index (κ2) is 9.96. The molecule has 0 radical (unpaired) electrons. The van der Waals surface area contributed by atoms with E-state index in [0.29, 0.717) is 11.6 Å². The van der Waals surface area contributed by atoms with Crippen LogP contribution >= 0.6 is 23.2 Å². The van der Waals surface area contributed by atoms with Crippen molar-refractivity contribution in [1.82, 2.24) is 10.2 Å². The fourth-order valence-electron chi connectivity index (χ4n) is 3.28. The first-order valence-electron chi connectivity index (χ1n) is 9.14. The van der Waals surface area contributed by atoms with Crippen molar-refractivity contribution in [2.45, 2.75) is 38.6 Å². The molecule has 6 nitrogen and oxygen atoms in total. The normalized spacial score (nSPS) is 16.7. The molecule has 0 spiro atoms. The van der Waals surface area contributed by atoms with Crippen molar-refractivity contribution in [2.75, 3.05) is 36.7 Å². The third kappa shape index (κ3) is 6.52. The molecule has 1 N–H and O–H groups in total. The molecule has 1 saturated heterocycles. The Kier molecular flexibility index (Phi) is 8.21. The van der Waals surface area contributed by atoms with Gasteiger partial charge in [0.15, 0.2) is 0 Å². The lowest BCUT2D eigenvalue weighted by Crippen LogP contribution is -2.48. The number of nitrogens with zero attached hydrogens (tertiary/aromatic N) is 2. The summed E-state index contributed by atoms with van der Waals surface area (Å²) in [6.07, 6.45) is 5.62. The highest BCUT2D eigenvalue weighted by atomic mass is 35.5. The largest absolute Gasteiger partial charge is 0.354 e. The van der Waals surface area contributed by atoms with Gasteiger partial charge in [-0.3, -0.25) is 9.10 Å². The Balaban J connectivity index is 1.99. The summed E-state index contributed by atoms with van der Waals surface area (Å²) < 4.78 is 25.6. The van der Waals surface area contributed by atoms with Gasteiger partial charge >= 0.3 is 0 Å². The molecule has 1 atom stereocenters. The summed E-state index contributed by atoms with van der Waals surface area (Å²) in [6, 6.07) is 3.59. The van der Waals surface area contributed by atoms with Crippen molar-refractivity contribution in [3.8, 4) is 0 Å². The average molecular weight is 436 g/mol. The van der Waals surface area contributed by atoms with E-state index >= 15 is 0 Å². The summed E-state index contributed by atoms with van der Waals surface area (Å²) in [5.74, 6) is -0.366. The maximum absolute atomic E-state index is 12.5. The lowest BCUT2D eigenvalue weighted by molar-refractivity contribution is -0.121. The number of rotatable bonds is 8. The number of sulfonamides is 1. The summed E-state index contributed by atoms with van der Waals surface area (Å²) in [7, 11) is -3.73. The molecule has 0 aromatic heterocycles. The van der Waals surface area contributed by atoms with Crippen LogP contribution in [0.1, 0.15) is 32.6 Å². The van der Waals surface area contributed by atoms with Crippen molar-refractivity contribution in [1.29, 1.82) is 0 Å². The molecule has 27 heavy (non-hydrogen) atoms. The second-order valence-electron chi connectivity index (χ2n) is 6.88. The molecule has 0 aliphatic carbocycles. The summed E-state index contributed by atoms with van der Waals surface area (Å²) in [5.41, 5.74) is 0.197.